The molecule has 0 aliphatic heterocycles. The highest BCUT2D eigenvalue weighted by Crippen LogP contribution is 2.30. The average molecular weight is 283 g/mol. The largest absolute Gasteiger partial charge is 0.370 e. The zero-order chi connectivity index (χ0) is 14.6. The van der Waals surface area contributed by atoms with Crippen molar-refractivity contribution in [3.63, 3.8) is 0 Å². The molecule has 0 atom stereocenters. The number of hydrogen-bond acceptors (Lipinski definition) is 2. The molecule has 0 saturated heterocycles. The van der Waals surface area contributed by atoms with Crippen LogP contribution in [0.1, 0.15) is 19.4 Å². The molecule has 0 bridgehead atoms. The smallest absolute Gasteiger partial charge is 0.331 e. The Balaban J connectivity index is 3.20. The van der Waals surface area contributed by atoms with Crippen LogP contribution in [0.5, 0.6) is 0 Å². The fourth-order valence-electron chi connectivity index (χ4n) is 1.91. The van der Waals surface area contributed by atoms with E-state index in [4.69, 9.17) is 22.7 Å². The SMILES string of the molecule is CCN(C(=N)N)C(=O)N(CC)c1c(C)cccc1Cl. The number of anilines is 1. The number of urea groups is 1. The van der Waals surface area contributed by atoms with E-state index in [9.17, 15) is 4.79 Å². The van der Waals surface area contributed by atoms with Crippen LogP contribution in [0.2, 0.25) is 5.02 Å². The first-order valence-corrected chi connectivity index (χ1v) is 6.49. The van der Waals surface area contributed by atoms with Gasteiger partial charge in [0.15, 0.2) is 5.96 Å². The lowest BCUT2D eigenvalue weighted by molar-refractivity contribution is 0.228. The topological polar surface area (TPSA) is 73.4 Å². The van der Waals surface area contributed by atoms with Crippen molar-refractivity contribution in [3.8, 4) is 0 Å². The molecule has 0 spiro atoms. The number of carbonyl (C=O) groups is 1. The third-order valence-electron chi connectivity index (χ3n) is 2.84. The number of aryl methyl sites for hydroxylation is 1. The molecule has 1 rings (SSSR count). The molecule has 1 aromatic rings. The van der Waals surface area contributed by atoms with Crippen molar-refractivity contribution in [3.05, 3.63) is 28.8 Å². The summed E-state index contributed by atoms with van der Waals surface area (Å²) in [6.45, 7) is 6.31. The summed E-state index contributed by atoms with van der Waals surface area (Å²) in [6, 6.07) is 5.13. The Hall–Kier alpha value is -1.75. The maximum Gasteiger partial charge on any atom is 0.331 e. The van der Waals surface area contributed by atoms with E-state index in [0.717, 1.165) is 5.56 Å². The predicted octanol–water partition coefficient (Wildman–Crippen LogP) is 2.81. The van der Waals surface area contributed by atoms with Crippen LogP contribution in [-0.4, -0.2) is 30.0 Å². The quantitative estimate of drug-likeness (QED) is 0.661. The van der Waals surface area contributed by atoms with Crippen molar-refractivity contribution in [1.29, 1.82) is 5.41 Å². The first-order valence-electron chi connectivity index (χ1n) is 6.12. The molecule has 6 heteroatoms. The van der Waals surface area contributed by atoms with E-state index in [1.54, 1.807) is 13.0 Å². The number of halogens is 1. The minimum Gasteiger partial charge on any atom is -0.370 e. The molecule has 0 radical (unpaired) electrons. The van der Waals surface area contributed by atoms with Gasteiger partial charge in [-0.2, -0.15) is 0 Å². The number of guanidine groups is 1. The summed E-state index contributed by atoms with van der Waals surface area (Å²) < 4.78 is 0. The minimum atomic E-state index is -0.339. The maximum absolute atomic E-state index is 12.4. The van der Waals surface area contributed by atoms with Crippen LogP contribution in [0.4, 0.5) is 10.5 Å². The molecule has 0 aromatic heterocycles. The standard InChI is InChI=1S/C13H19ClN4O/c1-4-17(13(19)18(5-2)12(15)16)11-9(3)7-6-8-10(11)14/h6-8H,4-5H2,1-3H3,(H3,15,16). The first kappa shape index (κ1) is 15.3. The number of benzene rings is 1. The van der Waals surface area contributed by atoms with Crippen LogP contribution in [0.25, 0.3) is 0 Å². The van der Waals surface area contributed by atoms with Gasteiger partial charge in [0.25, 0.3) is 0 Å². The number of nitrogens with zero attached hydrogens (tertiary/aromatic N) is 2. The van der Waals surface area contributed by atoms with Crippen LogP contribution in [0.3, 0.4) is 0 Å². The lowest BCUT2D eigenvalue weighted by Gasteiger charge is -2.29. The highest BCUT2D eigenvalue weighted by molar-refractivity contribution is 6.34. The van der Waals surface area contributed by atoms with Gasteiger partial charge in [0.05, 0.1) is 10.7 Å². The zero-order valence-corrected chi connectivity index (χ0v) is 12.2. The van der Waals surface area contributed by atoms with E-state index in [2.05, 4.69) is 0 Å². The maximum atomic E-state index is 12.4. The van der Waals surface area contributed by atoms with Gasteiger partial charge in [-0.15, -0.1) is 0 Å². The van der Waals surface area contributed by atoms with Gasteiger partial charge in [0.1, 0.15) is 0 Å². The molecule has 0 heterocycles. The highest BCUT2D eigenvalue weighted by atomic mass is 35.5. The van der Waals surface area contributed by atoms with Crippen molar-refractivity contribution in [2.75, 3.05) is 18.0 Å². The second-order valence-electron chi connectivity index (χ2n) is 4.06. The van der Waals surface area contributed by atoms with E-state index < -0.39 is 0 Å². The Labute approximate surface area is 118 Å². The highest BCUT2D eigenvalue weighted by Gasteiger charge is 2.24. The van der Waals surface area contributed by atoms with E-state index in [1.807, 2.05) is 26.0 Å². The van der Waals surface area contributed by atoms with Crippen molar-refractivity contribution >= 4 is 29.3 Å². The normalized spacial score (nSPS) is 10.1. The summed E-state index contributed by atoms with van der Waals surface area (Å²) in [6.07, 6.45) is 0. The lowest BCUT2D eigenvalue weighted by Crippen LogP contribution is -2.49. The summed E-state index contributed by atoms with van der Waals surface area (Å²) in [5, 5.41) is 7.95. The number of hydrogen-bond donors (Lipinski definition) is 2. The van der Waals surface area contributed by atoms with Crippen LogP contribution < -0.4 is 10.6 Å². The monoisotopic (exact) mass is 282 g/mol. The van der Waals surface area contributed by atoms with Gasteiger partial charge in [0.2, 0.25) is 0 Å². The van der Waals surface area contributed by atoms with E-state index in [-0.39, 0.29) is 12.0 Å². The second kappa shape index (κ2) is 6.43. The molecular weight excluding hydrogens is 264 g/mol. The Bertz CT molecular complexity index is 469. The van der Waals surface area contributed by atoms with Crippen molar-refractivity contribution in [2.45, 2.75) is 20.8 Å². The molecule has 5 nitrogen and oxygen atoms in total. The molecular formula is C13H19ClN4O. The van der Waals surface area contributed by atoms with E-state index >= 15 is 0 Å². The Morgan fingerprint density at radius 2 is 2.00 bits per heavy atom. The summed E-state index contributed by atoms with van der Waals surface area (Å²) in [5.74, 6) is -0.268. The van der Waals surface area contributed by atoms with Gasteiger partial charge < -0.3 is 5.73 Å². The molecule has 0 fully saturated rings. The lowest BCUT2D eigenvalue weighted by atomic mass is 10.2. The summed E-state index contributed by atoms with van der Waals surface area (Å²) in [4.78, 5) is 15.2. The summed E-state index contributed by atoms with van der Waals surface area (Å²) >= 11 is 6.18. The number of rotatable bonds is 3. The number of amides is 2. The van der Waals surface area contributed by atoms with Gasteiger partial charge in [-0.25, -0.2) is 4.79 Å². The van der Waals surface area contributed by atoms with Crippen molar-refractivity contribution in [1.82, 2.24) is 4.90 Å². The fourth-order valence-corrected chi connectivity index (χ4v) is 2.23. The second-order valence-corrected chi connectivity index (χ2v) is 4.47. The third-order valence-corrected chi connectivity index (χ3v) is 3.15. The van der Waals surface area contributed by atoms with Gasteiger partial charge in [-0.05, 0) is 32.4 Å². The fraction of sp³-hybridized carbons (Fsp3) is 0.385. The van der Waals surface area contributed by atoms with Gasteiger partial charge in [-0.1, -0.05) is 23.7 Å². The van der Waals surface area contributed by atoms with Crippen molar-refractivity contribution in [2.24, 2.45) is 5.73 Å². The number of carbonyl (C=O) groups excluding carboxylic acids is 1. The molecule has 3 N–H and O–H groups in total. The Morgan fingerprint density at radius 3 is 2.42 bits per heavy atom. The van der Waals surface area contributed by atoms with E-state index in [1.165, 1.54) is 9.80 Å². The van der Waals surface area contributed by atoms with Crippen LogP contribution >= 0.6 is 11.6 Å². The average Bonchev–Trinajstić information content (AvgIpc) is 2.34. The molecule has 0 aliphatic carbocycles. The van der Waals surface area contributed by atoms with Crippen LogP contribution in [-0.2, 0) is 0 Å². The molecule has 0 aliphatic rings. The van der Waals surface area contributed by atoms with E-state index in [0.29, 0.717) is 23.8 Å². The minimum absolute atomic E-state index is 0.268. The number of para-hydroxylation sites is 1. The molecule has 2 amide bonds. The number of nitrogens with two attached hydrogens (primary N) is 1. The molecule has 1 aromatic carbocycles. The number of nitrogens with one attached hydrogen (secondary N) is 1. The van der Waals surface area contributed by atoms with Gasteiger partial charge >= 0.3 is 6.03 Å². The predicted molar refractivity (Wildman–Crippen MR) is 78.9 cm³/mol. The zero-order valence-electron chi connectivity index (χ0n) is 11.4. The van der Waals surface area contributed by atoms with Crippen molar-refractivity contribution < 1.29 is 4.79 Å². The first-order chi connectivity index (χ1) is 8.93. The molecule has 0 saturated carbocycles. The Kier molecular flexibility index (Phi) is 5.18. The van der Waals surface area contributed by atoms with Gasteiger partial charge in [0, 0.05) is 13.1 Å². The Morgan fingerprint density at radius 1 is 1.37 bits per heavy atom. The third kappa shape index (κ3) is 3.17. The van der Waals surface area contributed by atoms with Gasteiger partial charge in [-0.3, -0.25) is 15.2 Å². The summed E-state index contributed by atoms with van der Waals surface area (Å²) in [5.41, 5.74) is 6.99. The molecule has 104 valence electrons. The van der Waals surface area contributed by atoms with Crippen LogP contribution in [0, 0.1) is 12.3 Å². The van der Waals surface area contributed by atoms with Crippen LogP contribution in [0.15, 0.2) is 18.2 Å². The molecule has 0 unspecified atom stereocenters. The summed E-state index contributed by atoms with van der Waals surface area (Å²) in [7, 11) is 0. The molecule has 19 heavy (non-hydrogen) atoms.